The van der Waals surface area contributed by atoms with Gasteiger partial charge in [0.05, 0.1) is 6.54 Å². The van der Waals surface area contributed by atoms with Crippen LogP contribution in [-0.2, 0) is 11.3 Å². The zero-order chi connectivity index (χ0) is 19.8. The van der Waals surface area contributed by atoms with Gasteiger partial charge in [0.15, 0.2) is 0 Å². The summed E-state index contributed by atoms with van der Waals surface area (Å²) in [6.07, 6.45) is 1.54. The van der Waals surface area contributed by atoms with Gasteiger partial charge in [-0.3, -0.25) is 9.59 Å². The molecule has 28 heavy (non-hydrogen) atoms. The molecule has 0 aliphatic carbocycles. The molecule has 0 atom stereocenters. The number of halogens is 1. The Morgan fingerprint density at radius 1 is 0.964 bits per heavy atom. The van der Waals surface area contributed by atoms with E-state index in [0.29, 0.717) is 16.9 Å². The average molecular weight is 379 g/mol. The van der Waals surface area contributed by atoms with Crippen LogP contribution in [0.25, 0.3) is 0 Å². The number of pyridine rings is 1. The van der Waals surface area contributed by atoms with Gasteiger partial charge < -0.3 is 15.4 Å². The quantitative estimate of drug-likeness (QED) is 0.661. The molecule has 0 aliphatic heterocycles. The van der Waals surface area contributed by atoms with Crippen LogP contribution in [0.3, 0.4) is 0 Å². The number of amides is 2. The third-order valence-electron chi connectivity index (χ3n) is 3.78. The number of ether oxygens (including phenoxy) is 1. The summed E-state index contributed by atoms with van der Waals surface area (Å²) in [5.74, 6) is -0.530. The summed E-state index contributed by atoms with van der Waals surface area (Å²) >= 11 is 0. The van der Waals surface area contributed by atoms with Gasteiger partial charge in [-0.2, -0.15) is 0 Å². The van der Waals surface area contributed by atoms with Crippen molar-refractivity contribution in [2.45, 2.75) is 6.54 Å². The number of hydrogen-bond donors (Lipinski definition) is 2. The van der Waals surface area contributed by atoms with Crippen molar-refractivity contribution in [1.82, 2.24) is 15.6 Å². The standard InChI is InChI=1S/C21H18FN3O3/c22-17-9-4-10-18(12-17)28-21-16(8-5-11-23-21)13-24-19(26)14-25-20(27)15-6-2-1-3-7-15/h1-12H,13-14H2,(H,24,26)(H,25,27). The number of benzene rings is 2. The number of carbonyl (C=O) groups excluding carboxylic acids is 2. The highest BCUT2D eigenvalue weighted by atomic mass is 19.1. The molecule has 2 amide bonds. The lowest BCUT2D eigenvalue weighted by molar-refractivity contribution is -0.120. The Balaban J connectivity index is 1.54. The van der Waals surface area contributed by atoms with Gasteiger partial charge in [0.25, 0.3) is 5.91 Å². The number of rotatable bonds is 7. The number of nitrogens with zero attached hydrogens (tertiary/aromatic N) is 1. The minimum Gasteiger partial charge on any atom is -0.439 e. The molecule has 142 valence electrons. The van der Waals surface area contributed by atoms with E-state index in [4.69, 9.17) is 4.74 Å². The van der Waals surface area contributed by atoms with Gasteiger partial charge in [0, 0.05) is 29.9 Å². The van der Waals surface area contributed by atoms with Crippen molar-refractivity contribution in [3.05, 3.63) is 89.9 Å². The van der Waals surface area contributed by atoms with Crippen LogP contribution in [0.1, 0.15) is 15.9 Å². The Hall–Kier alpha value is -3.74. The van der Waals surface area contributed by atoms with E-state index in [-0.39, 0.29) is 30.8 Å². The molecule has 0 bridgehead atoms. The molecule has 0 saturated heterocycles. The summed E-state index contributed by atoms with van der Waals surface area (Å²) in [6.45, 7) is -0.00733. The normalized spacial score (nSPS) is 10.2. The molecule has 0 radical (unpaired) electrons. The van der Waals surface area contributed by atoms with Gasteiger partial charge in [0.1, 0.15) is 11.6 Å². The first kappa shape index (κ1) is 19.0. The van der Waals surface area contributed by atoms with E-state index in [9.17, 15) is 14.0 Å². The Morgan fingerprint density at radius 3 is 2.57 bits per heavy atom. The highest BCUT2D eigenvalue weighted by Gasteiger charge is 2.10. The number of hydrogen-bond acceptors (Lipinski definition) is 4. The van der Waals surface area contributed by atoms with Crippen LogP contribution in [0.15, 0.2) is 72.9 Å². The zero-order valence-electron chi connectivity index (χ0n) is 14.9. The van der Waals surface area contributed by atoms with Gasteiger partial charge in [-0.15, -0.1) is 0 Å². The van der Waals surface area contributed by atoms with Crippen molar-refractivity contribution in [3.63, 3.8) is 0 Å². The molecule has 0 unspecified atom stereocenters. The largest absolute Gasteiger partial charge is 0.439 e. The van der Waals surface area contributed by atoms with Gasteiger partial charge >= 0.3 is 0 Å². The summed E-state index contributed by atoms with van der Waals surface area (Å²) in [4.78, 5) is 28.1. The average Bonchev–Trinajstić information content (AvgIpc) is 2.72. The van der Waals surface area contributed by atoms with Crippen LogP contribution in [0.4, 0.5) is 4.39 Å². The van der Waals surface area contributed by atoms with Gasteiger partial charge in [-0.05, 0) is 30.3 Å². The van der Waals surface area contributed by atoms with E-state index < -0.39 is 5.82 Å². The molecule has 0 saturated carbocycles. The van der Waals surface area contributed by atoms with Gasteiger partial charge in [-0.1, -0.05) is 30.3 Å². The van der Waals surface area contributed by atoms with Gasteiger partial charge in [0.2, 0.25) is 11.8 Å². The summed E-state index contributed by atoms with van der Waals surface area (Å²) in [7, 11) is 0. The van der Waals surface area contributed by atoms with Crippen molar-refractivity contribution in [1.29, 1.82) is 0 Å². The fourth-order valence-corrected chi connectivity index (χ4v) is 2.40. The van der Waals surface area contributed by atoms with Crippen LogP contribution in [0.5, 0.6) is 11.6 Å². The van der Waals surface area contributed by atoms with Crippen molar-refractivity contribution in [3.8, 4) is 11.6 Å². The summed E-state index contributed by atoms with van der Waals surface area (Å²) in [6, 6.07) is 17.8. The van der Waals surface area contributed by atoms with Crippen molar-refractivity contribution >= 4 is 11.8 Å². The molecule has 0 fully saturated rings. The highest BCUT2D eigenvalue weighted by molar-refractivity contribution is 5.96. The first-order valence-corrected chi connectivity index (χ1v) is 8.59. The van der Waals surface area contributed by atoms with Crippen LogP contribution in [0, 0.1) is 5.82 Å². The Morgan fingerprint density at radius 2 is 1.79 bits per heavy atom. The van der Waals surface area contributed by atoms with Crippen LogP contribution >= 0.6 is 0 Å². The number of nitrogens with one attached hydrogen (secondary N) is 2. The second-order valence-corrected chi connectivity index (χ2v) is 5.85. The Labute approximate surface area is 161 Å². The molecular weight excluding hydrogens is 361 g/mol. The lowest BCUT2D eigenvalue weighted by atomic mass is 10.2. The molecule has 7 heteroatoms. The van der Waals surface area contributed by atoms with E-state index in [1.807, 2.05) is 0 Å². The SMILES string of the molecule is O=C(CNC(=O)c1ccccc1)NCc1cccnc1Oc1cccc(F)c1. The molecule has 3 aromatic rings. The maximum Gasteiger partial charge on any atom is 0.251 e. The first-order valence-electron chi connectivity index (χ1n) is 8.59. The number of carbonyl (C=O) groups is 2. The molecule has 1 heterocycles. The second-order valence-electron chi connectivity index (χ2n) is 5.85. The summed E-state index contributed by atoms with van der Waals surface area (Å²) in [5.41, 5.74) is 1.10. The molecule has 6 nitrogen and oxygen atoms in total. The number of aromatic nitrogens is 1. The molecule has 0 aliphatic rings. The Kier molecular flexibility index (Phi) is 6.30. The predicted octanol–water partition coefficient (Wildman–Crippen LogP) is 3.06. The predicted molar refractivity (Wildman–Crippen MR) is 101 cm³/mol. The van der Waals surface area contributed by atoms with Crippen molar-refractivity contribution < 1.29 is 18.7 Å². The second kappa shape index (κ2) is 9.27. The van der Waals surface area contributed by atoms with E-state index in [0.717, 1.165) is 0 Å². The highest BCUT2D eigenvalue weighted by Crippen LogP contribution is 2.23. The third kappa shape index (κ3) is 5.38. The first-order chi connectivity index (χ1) is 13.6. The molecule has 0 spiro atoms. The molecular formula is C21H18FN3O3. The summed E-state index contributed by atoms with van der Waals surface area (Å²) in [5, 5.41) is 5.25. The van der Waals surface area contributed by atoms with Crippen molar-refractivity contribution in [2.75, 3.05) is 6.54 Å². The maximum absolute atomic E-state index is 13.3. The van der Waals surface area contributed by atoms with Crippen LogP contribution < -0.4 is 15.4 Å². The molecule has 2 aromatic carbocycles. The van der Waals surface area contributed by atoms with Crippen LogP contribution in [0.2, 0.25) is 0 Å². The smallest absolute Gasteiger partial charge is 0.251 e. The molecule has 1 aromatic heterocycles. The van der Waals surface area contributed by atoms with Gasteiger partial charge in [-0.25, -0.2) is 9.37 Å². The van der Waals surface area contributed by atoms with Crippen LogP contribution in [-0.4, -0.2) is 23.3 Å². The minimum atomic E-state index is -0.419. The lowest BCUT2D eigenvalue weighted by Crippen LogP contribution is -2.36. The van der Waals surface area contributed by atoms with E-state index in [2.05, 4.69) is 15.6 Å². The topological polar surface area (TPSA) is 80.3 Å². The maximum atomic E-state index is 13.3. The Bertz CT molecular complexity index is 964. The minimum absolute atomic E-state index is 0.151. The lowest BCUT2D eigenvalue weighted by Gasteiger charge is -2.11. The van der Waals surface area contributed by atoms with Crippen molar-refractivity contribution in [2.24, 2.45) is 0 Å². The van der Waals surface area contributed by atoms with E-state index in [1.165, 1.54) is 18.2 Å². The third-order valence-corrected chi connectivity index (χ3v) is 3.78. The fraction of sp³-hybridized carbons (Fsp3) is 0.0952. The molecule has 3 rings (SSSR count). The monoisotopic (exact) mass is 379 g/mol. The summed E-state index contributed by atoms with van der Waals surface area (Å²) < 4.78 is 18.9. The van der Waals surface area contributed by atoms with E-state index in [1.54, 1.807) is 54.7 Å². The fourth-order valence-electron chi connectivity index (χ4n) is 2.40. The zero-order valence-corrected chi connectivity index (χ0v) is 14.9. The molecule has 2 N–H and O–H groups in total. The van der Waals surface area contributed by atoms with E-state index >= 15 is 0 Å².